The molecule has 2 aromatic rings. The van der Waals surface area contributed by atoms with Crippen molar-refractivity contribution in [1.29, 1.82) is 0 Å². The first-order valence-electron chi connectivity index (χ1n) is 6.56. The zero-order valence-electron chi connectivity index (χ0n) is 11.6. The molecule has 0 spiro atoms. The van der Waals surface area contributed by atoms with E-state index in [-0.39, 0.29) is 12.4 Å². The minimum atomic E-state index is -2.83. The van der Waals surface area contributed by atoms with E-state index in [2.05, 4.69) is 10.1 Å². The van der Waals surface area contributed by atoms with Crippen LogP contribution < -0.4 is 10.1 Å². The van der Waals surface area contributed by atoms with Crippen LogP contribution in [-0.2, 0) is 13.2 Å². The van der Waals surface area contributed by atoms with Gasteiger partial charge in [0.25, 0.3) is 0 Å². The first kappa shape index (κ1) is 15.3. The van der Waals surface area contributed by atoms with Gasteiger partial charge in [-0.05, 0) is 29.7 Å². The number of aryl methyl sites for hydroxylation is 1. The number of nitrogens with one attached hydrogen (secondary N) is 1. The summed E-state index contributed by atoms with van der Waals surface area (Å²) in [6, 6.07) is 12.6. The highest BCUT2D eigenvalue weighted by atomic mass is 19.3. The van der Waals surface area contributed by atoms with Gasteiger partial charge in [0, 0.05) is 18.3 Å². The van der Waals surface area contributed by atoms with E-state index < -0.39 is 6.61 Å². The molecule has 0 saturated heterocycles. The molecular formula is C16H17F2NO2. The van der Waals surface area contributed by atoms with E-state index in [0.717, 1.165) is 11.1 Å². The van der Waals surface area contributed by atoms with Crippen molar-refractivity contribution in [2.45, 2.75) is 26.7 Å². The van der Waals surface area contributed by atoms with E-state index in [4.69, 9.17) is 5.11 Å². The maximum Gasteiger partial charge on any atom is 0.387 e. The number of hydrogen-bond acceptors (Lipinski definition) is 3. The van der Waals surface area contributed by atoms with Crippen molar-refractivity contribution in [1.82, 2.24) is 0 Å². The molecule has 0 atom stereocenters. The molecule has 21 heavy (non-hydrogen) atoms. The number of rotatable bonds is 6. The fourth-order valence-electron chi connectivity index (χ4n) is 1.90. The van der Waals surface area contributed by atoms with Gasteiger partial charge in [0.15, 0.2) is 0 Å². The SMILES string of the molecule is Cc1ccc(NCc2ccc(CO)cc2)cc1OC(F)F. The monoisotopic (exact) mass is 293 g/mol. The summed E-state index contributed by atoms with van der Waals surface area (Å²) < 4.78 is 29.0. The Bertz CT molecular complexity index is 585. The number of hydrogen-bond donors (Lipinski definition) is 2. The van der Waals surface area contributed by atoms with E-state index in [1.165, 1.54) is 0 Å². The molecule has 0 radical (unpaired) electrons. The quantitative estimate of drug-likeness (QED) is 0.853. The molecule has 0 saturated carbocycles. The predicted molar refractivity (Wildman–Crippen MR) is 77.5 cm³/mol. The number of alkyl halides is 2. The number of benzene rings is 2. The molecule has 0 aliphatic heterocycles. The average Bonchev–Trinajstić information content (AvgIpc) is 2.48. The largest absolute Gasteiger partial charge is 0.434 e. The third-order valence-electron chi connectivity index (χ3n) is 3.11. The maximum atomic E-state index is 12.3. The van der Waals surface area contributed by atoms with Gasteiger partial charge in [-0.15, -0.1) is 0 Å². The van der Waals surface area contributed by atoms with Gasteiger partial charge in [-0.25, -0.2) is 0 Å². The summed E-state index contributed by atoms with van der Waals surface area (Å²) in [6.45, 7) is -0.539. The molecule has 0 aromatic heterocycles. The van der Waals surface area contributed by atoms with Crippen LogP contribution in [-0.4, -0.2) is 11.7 Å². The Labute approximate surface area is 122 Å². The number of anilines is 1. The molecule has 2 aromatic carbocycles. The molecule has 0 unspecified atom stereocenters. The van der Waals surface area contributed by atoms with E-state index >= 15 is 0 Å². The number of halogens is 2. The summed E-state index contributed by atoms with van der Waals surface area (Å²) in [4.78, 5) is 0. The summed E-state index contributed by atoms with van der Waals surface area (Å²) >= 11 is 0. The highest BCUT2D eigenvalue weighted by Gasteiger charge is 2.08. The number of ether oxygens (including phenoxy) is 1. The van der Waals surface area contributed by atoms with Gasteiger partial charge in [-0.3, -0.25) is 0 Å². The van der Waals surface area contributed by atoms with Crippen LogP contribution in [0.5, 0.6) is 5.75 Å². The topological polar surface area (TPSA) is 41.5 Å². The molecule has 5 heteroatoms. The Hall–Kier alpha value is -2.14. The normalized spacial score (nSPS) is 10.7. The lowest BCUT2D eigenvalue weighted by atomic mass is 10.1. The van der Waals surface area contributed by atoms with Crippen LogP contribution in [0.4, 0.5) is 14.5 Å². The average molecular weight is 293 g/mol. The smallest absolute Gasteiger partial charge is 0.387 e. The second kappa shape index (κ2) is 7.04. The first-order chi connectivity index (χ1) is 10.1. The Morgan fingerprint density at radius 3 is 2.38 bits per heavy atom. The number of aliphatic hydroxyl groups excluding tert-OH is 1. The summed E-state index contributed by atoms with van der Waals surface area (Å²) in [5.74, 6) is 0.172. The van der Waals surface area contributed by atoms with Gasteiger partial charge in [-0.2, -0.15) is 8.78 Å². The Balaban J connectivity index is 2.02. The molecule has 2 rings (SSSR count). The van der Waals surface area contributed by atoms with Crippen LogP contribution in [0.15, 0.2) is 42.5 Å². The lowest BCUT2D eigenvalue weighted by Crippen LogP contribution is -2.05. The predicted octanol–water partition coefficient (Wildman–Crippen LogP) is 3.70. The van der Waals surface area contributed by atoms with Crippen molar-refractivity contribution in [3.8, 4) is 5.75 Å². The Morgan fingerprint density at radius 2 is 1.76 bits per heavy atom. The molecule has 112 valence electrons. The van der Waals surface area contributed by atoms with E-state index in [9.17, 15) is 8.78 Å². The van der Waals surface area contributed by atoms with Gasteiger partial charge < -0.3 is 15.2 Å². The fourth-order valence-corrected chi connectivity index (χ4v) is 1.90. The molecule has 2 N–H and O–H groups in total. The van der Waals surface area contributed by atoms with Gasteiger partial charge in [0.1, 0.15) is 5.75 Å². The van der Waals surface area contributed by atoms with Crippen molar-refractivity contribution < 1.29 is 18.6 Å². The van der Waals surface area contributed by atoms with Crippen LogP contribution >= 0.6 is 0 Å². The molecular weight excluding hydrogens is 276 g/mol. The third kappa shape index (κ3) is 4.43. The van der Waals surface area contributed by atoms with E-state index in [0.29, 0.717) is 17.8 Å². The van der Waals surface area contributed by atoms with Gasteiger partial charge in [0.2, 0.25) is 0 Å². The fraction of sp³-hybridized carbons (Fsp3) is 0.250. The Morgan fingerprint density at radius 1 is 1.10 bits per heavy atom. The maximum absolute atomic E-state index is 12.3. The zero-order valence-corrected chi connectivity index (χ0v) is 11.6. The highest BCUT2D eigenvalue weighted by Crippen LogP contribution is 2.24. The summed E-state index contributed by atoms with van der Waals surface area (Å²) in [5.41, 5.74) is 3.25. The second-order valence-corrected chi connectivity index (χ2v) is 4.69. The van der Waals surface area contributed by atoms with Gasteiger partial charge in [0.05, 0.1) is 6.61 Å². The van der Waals surface area contributed by atoms with Crippen LogP contribution in [0.1, 0.15) is 16.7 Å². The van der Waals surface area contributed by atoms with Gasteiger partial charge in [-0.1, -0.05) is 30.3 Å². The van der Waals surface area contributed by atoms with Crippen molar-refractivity contribution in [2.75, 3.05) is 5.32 Å². The molecule has 0 amide bonds. The molecule has 0 aliphatic carbocycles. The summed E-state index contributed by atoms with van der Waals surface area (Å²) in [6.07, 6.45) is 0. The minimum Gasteiger partial charge on any atom is -0.434 e. The van der Waals surface area contributed by atoms with Crippen molar-refractivity contribution in [3.63, 3.8) is 0 Å². The lowest BCUT2D eigenvalue weighted by molar-refractivity contribution is -0.0502. The van der Waals surface area contributed by atoms with Crippen LogP contribution in [0, 0.1) is 6.92 Å². The molecule has 0 heterocycles. The second-order valence-electron chi connectivity index (χ2n) is 4.69. The van der Waals surface area contributed by atoms with Gasteiger partial charge >= 0.3 is 6.61 Å². The van der Waals surface area contributed by atoms with E-state index in [1.807, 2.05) is 30.3 Å². The highest BCUT2D eigenvalue weighted by molar-refractivity contribution is 5.51. The zero-order chi connectivity index (χ0) is 15.2. The number of aliphatic hydroxyl groups is 1. The van der Waals surface area contributed by atoms with Crippen LogP contribution in [0.2, 0.25) is 0 Å². The standard InChI is InChI=1S/C16H17F2NO2/c1-11-2-7-14(8-15(11)21-16(17)18)19-9-12-3-5-13(10-20)6-4-12/h2-8,16,19-20H,9-10H2,1H3. The van der Waals surface area contributed by atoms with Crippen molar-refractivity contribution in [3.05, 3.63) is 59.2 Å². The third-order valence-corrected chi connectivity index (χ3v) is 3.11. The molecule has 0 fully saturated rings. The Kier molecular flexibility index (Phi) is 5.11. The lowest BCUT2D eigenvalue weighted by Gasteiger charge is -2.12. The summed E-state index contributed by atoms with van der Waals surface area (Å²) in [7, 11) is 0. The van der Waals surface area contributed by atoms with Crippen molar-refractivity contribution >= 4 is 5.69 Å². The van der Waals surface area contributed by atoms with Crippen molar-refractivity contribution in [2.24, 2.45) is 0 Å². The van der Waals surface area contributed by atoms with E-state index in [1.54, 1.807) is 19.1 Å². The minimum absolute atomic E-state index is 0.0139. The molecule has 0 bridgehead atoms. The van der Waals surface area contributed by atoms with Crippen LogP contribution in [0.3, 0.4) is 0 Å². The van der Waals surface area contributed by atoms with Crippen LogP contribution in [0.25, 0.3) is 0 Å². The summed E-state index contributed by atoms with van der Waals surface area (Å²) in [5, 5.41) is 12.1. The molecule has 0 aliphatic rings. The first-order valence-corrected chi connectivity index (χ1v) is 6.56. The molecule has 3 nitrogen and oxygen atoms in total.